The molecule has 2 aromatic carbocycles. The number of aliphatic hydroxyl groups is 2. The normalized spacial score (nSPS) is 15.0. The van der Waals surface area contributed by atoms with E-state index in [4.69, 9.17) is 4.74 Å². The van der Waals surface area contributed by atoms with Gasteiger partial charge < -0.3 is 19.5 Å². The van der Waals surface area contributed by atoms with Gasteiger partial charge in [0.15, 0.2) is 5.78 Å². The Bertz CT molecular complexity index is 1100. The molecule has 28 heavy (non-hydrogen) atoms. The van der Waals surface area contributed by atoms with Crippen molar-refractivity contribution in [1.82, 2.24) is 4.57 Å². The van der Waals surface area contributed by atoms with E-state index in [0.717, 1.165) is 32.2 Å². The van der Waals surface area contributed by atoms with Gasteiger partial charge in [-0.3, -0.25) is 4.79 Å². The van der Waals surface area contributed by atoms with Crippen molar-refractivity contribution in [3.8, 4) is 5.75 Å². The number of aromatic nitrogens is 1. The van der Waals surface area contributed by atoms with E-state index in [2.05, 4.69) is 34.3 Å². The molecule has 1 aromatic heterocycles. The van der Waals surface area contributed by atoms with Gasteiger partial charge >= 0.3 is 0 Å². The molecule has 0 unspecified atom stereocenters. The predicted octanol–water partition coefficient (Wildman–Crippen LogP) is 3.54. The maximum absolute atomic E-state index is 13.4. The molecular formula is C22H22BrNO4. The van der Waals surface area contributed by atoms with Gasteiger partial charge in [-0.15, -0.1) is 0 Å². The van der Waals surface area contributed by atoms with E-state index >= 15 is 0 Å². The fourth-order valence-electron chi connectivity index (χ4n) is 4.27. The van der Waals surface area contributed by atoms with Crippen LogP contribution in [0.25, 0.3) is 10.9 Å². The Hall–Kier alpha value is -2.15. The lowest BCUT2D eigenvalue weighted by Crippen LogP contribution is -2.32. The summed E-state index contributed by atoms with van der Waals surface area (Å²) in [5, 5.41) is 19.5. The molecular weight excluding hydrogens is 422 g/mol. The number of ketones is 1. The highest BCUT2D eigenvalue weighted by Gasteiger charge is 2.41. The molecule has 146 valence electrons. The zero-order chi connectivity index (χ0) is 20.2. The number of halogens is 1. The van der Waals surface area contributed by atoms with Crippen LogP contribution in [0, 0.1) is 0 Å². The third-order valence-corrected chi connectivity index (χ3v) is 6.09. The van der Waals surface area contributed by atoms with E-state index in [1.54, 1.807) is 12.1 Å². The van der Waals surface area contributed by atoms with Crippen LogP contribution in [-0.4, -0.2) is 39.9 Å². The second-order valence-corrected chi connectivity index (χ2v) is 8.63. The minimum Gasteiger partial charge on any atom is -0.486 e. The lowest BCUT2D eigenvalue weighted by molar-refractivity contribution is 0.0628. The average Bonchev–Trinajstić information content (AvgIpc) is 2.97. The van der Waals surface area contributed by atoms with Gasteiger partial charge in [-0.1, -0.05) is 35.8 Å². The van der Waals surface area contributed by atoms with Crippen LogP contribution in [0.4, 0.5) is 0 Å². The number of aliphatic hydroxyl groups excluding tert-OH is 2. The number of ether oxygens (including phenoxy) is 1. The number of carbonyl (C=O) groups excluding carboxylic acids is 1. The first kappa shape index (κ1) is 19.2. The molecule has 0 saturated heterocycles. The summed E-state index contributed by atoms with van der Waals surface area (Å²) in [5.74, 6) is 0.530. The molecule has 6 heteroatoms. The topological polar surface area (TPSA) is 71.7 Å². The van der Waals surface area contributed by atoms with E-state index in [1.807, 2.05) is 31.3 Å². The second-order valence-electron chi connectivity index (χ2n) is 7.71. The first-order chi connectivity index (χ1) is 13.3. The number of benzene rings is 2. The van der Waals surface area contributed by atoms with E-state index in [0.29, 0.717) is 11.3 Å². The van der Waals surface area contributed by atoms with Gasteiger partial charge in [-0.25, -0.2) is 0 Å². The molecule has 0 spiro atoms. The summed E-state index contributed by atoms with van der Waals surface area (Å²) in [6.07, 6.45) is -0.689. The fraction of sp³-hybridized carbons (Fsp3) is 0.318. The summed E-state index contributed by atoms with van der Waals surface area (Å²) in [7, 11) is 1.99. The number of carbonyl (C=O) groups is 1. The van der Waals surface area contributed by atoms with Crippen molar-refractivity contribution in [3.63, 3.8) is 0 Å². The number of fused-ring (bicyclic) bond motifs is 4. The molecule has 0 saturated carbocycles. The highest BCUT2D eigenvalue weighted by molar-refractivity contribution is 9.10. The van der Waals surface area contributed by atoms with Crippen LogP contribution < -0.4 is 4.74 Å². The summed E-state index contributed by atoms with van der Waals surface area (Å²) >= 11 is 3.52. The maximum Gasteiger partial charge on any atom is 0.195 e. The van der Waals surface area contributed by atoms with Crippen LogP contribution in [0.3, 0.4) is 0 Å². The number of rotatable bonds is 4. The summed E-state index contributed by atoms with van der Waals surface area (Å²) in [4.78, 5) is 13.4. The minimum absolute atomic E-state index is 0.00432. The second kappa shape index (κ2) is 6.72. The van der Waals surface area contributed by atoms with Crippen molar-refractivity contribution in [3.05, 3.63) is 63.3 Å². The molecule has 2 N–H and O–H groups in total. The molecule has 3 aromatic rings. The Labute approximate surface area is 171 Å². The zero-order valence-corrected chi connectivity index (χ0v) is 17.6. The van der Waals surface area contributed by atoms with E-state index in [1.165, 1.54) is 0 Å². The van der Waals surface area contributed by atoms with Crippen LogP contribution in [0.1, 0.15) is 41.0 Å². The number of nitrogens with zero attached hydrogens (tertiary/aromatic N) is 1. The van der Waals surface area contributed by atoms with Crippen LogP contribution >= 0.6 is 15.9 Å². The summed E-state index contributed by atoms with van der Waals surface area (Å²) in [6, 6.07) is 11.3. The van der Waals surface area contributed by atoms with Gasteiger partial charge in [0.1, 0.15) is 11.9 Å². The van der Waals surface area contributed by atoms with Crippen molar-refractivity contribution in [1.29, 1.82) is 0 Å². The monoisotopic (exact) mass is 443 g/mol. The summed E-state index contributed by atoms with van der Waals surface area (Å²) < 4.78 is 8.74. The zero-order valence-electron chi connectivity index (χ0n) is 16.0. The molecule has 5 nitrogen and oxygen atoms in total. The molecule has 1 aliphatic carbocycles. The quantitative estimate of drug-likeness (QED) is 0.646. The Morgan fingerprint density at radius 1 is 1.14 bits per heavy atom. The van der Waals surface area contributed by atoms with Crippen molar-refractivity contribution < 1.29 is 19.7 Å². The first-order valence-corrected chi connectivity index (χ1v) is 9.95. The largest absolute Gasteiger partial charge is 0.486 e. The lowest BCUT2D eigenvalue weighted by atomic mass is 9.71. The van der Waals surface area contributed by atoms with E-state index in [-0.39, 0.29) is 19.0 Å². The predicted molar refractivity (Wildman–Crippen MR) is 111 cm³/mol. The molecule has 1 aliphatic rings. The third-order valence-electron chi connectivity index (χ3n) is 5.60. The summed E-state index contributed by atoms with van der Waals surface area (Å²) in [6.45, 7) is 3.64. The minimum atomic E-state index is -0.689. The lowest BCUT2D eigenvalue weighted by Gasteiger charge is -2.34. The van der Waals surface area contributed by atoms with Crippen LogP contribution in [0.2, 0.25) is 0 Å². The van der Waals surface area contributed by atoms with Gasteiger partial charge in [-0.2, -0.15) is 0 Å². The van der Waals surface area contributed by atoms with Gasteiger partial charge in [0.25, 0.3) is 0 Å². The van der Waals surface area contributed by atoms with E-state index in [9.17, 15) is 15.0 Å². The Kier molecular flexibility index (Phi) is 4.61. The Morgan fingerprint density at radius 3 is 2.54 bits per heavy atom. The molecule has 0 aliphatic heterocycles. The van der Waals surface area contributed by atoms with Crippen molar-refractivity contribution in [2.75, 3.05) is 13.2 Å². The number of aryl methyl sites for hydroxylation is 1. The highest BCUT2D eigenvalue weighted by Crippen LogP contribution is 2.46. The SMILES string of the molecule is Cn1c2c(c3ccc(Br)cc31)C(=O)c1ccc(OC(CO)CO)cc1C2(C)C. The molecule has 0 fully saturated rings. The first-order valence-electron chi connectivity index (χ1n) is 9.15. The van der Waals surface area contributed by atoms with Gasteiger partial charge in [0, 0.05) is 39.1 Å². The average molecular weight is 444 g/mol. The smallest absolute Gasteiger partial charge is 0.195 e. The summed E-state index contributed by atoms with van der Waals surface area (Å²) in [5.41, 5.74) is 3.83. The highest BCUT2D eigenvalue weighted by atomic mass is 79.9. The molecule has 0 amide bonds. The van der Waals surface area contributed by atoms with Crippen LogP contribution in [0.5, 0.6) is 5.75 Å². The molecule has 1 heterocycles. The van der Waals surface area contributed by atoms with Crippen molar-refractivity contribution >= 4 is 32.6 Å². The molecule has 4 rings (SSSR count). The van der Waals surface area contributed by atoms with E-state index < -0.39 is 11.5 Å². The molecule has 0 radical (unpaired) electrons. The number of hydrogen-bond acceptors (Lipinski definition) is 4. The number of hydrogen-bond donors (Lipinski definition) is 2. The fourth-order valence-corrected chi connectivity index (χ4v) is 4.62. The van der Waals surface area contributed by atoms with Crippen molar-refractivity contribution in [2.24, 2.45) is 7.05 Å². The van der Waals surface area contributed by atoms with Crippen LogP contribution in [-0.2, 0) is 12.5 Å². The van der Waals surface area contributed by atoms with Gasteiger partial charge in [0.2, 0.25) is 0 Å². The molecule has 0 bridgehead atoms. The van der Waals surface area contributed by atoms with Crippen molar-refractivity contribution in [2.45, 2.75) is 25.4 Å². The van der Waals surface area contributed by atoms with Gasteiger partial charge in [0.05, 0.1) is 18.8 Å². The third kappa shape index (κ3) is 2.70. The van der Waals surface area contributed by atoms with Crippen LogP contribution in [0.15, 0.2) is 40.9 Å². The Morgan fingerprint density at radius 2 is 1.86 bits per heavy atom. The molecule has 0 atom stereocenters. The standard InChI is InChI=1S/C22H22BrNO4/c1-22(2)17-9-13(28-14(10-25)11-26)5-7-15(17)20(27)19-16-6-4-12(23)8-18(16)24(3)21(19)22/h4-9,14,25-26H,10-11H2,1-3H3. The maximum atomic E-state index is 13.4. The van der Waals surface area contributed by atoms with Gasteiger partial charge in [-0.05, 0) is 35.9 Å². The Balaban J connectivity index is 1.92.